The van der Waals surface area contributed by atoms with E-state index in [1.54, 1.807) is 6.20 Å². The van der Waals surface area contributed by atoms with Gasteiger partial charge in [-0.1, -0.05) is 36.4 Å². The van der Waals surface area contributed by atoms with Gasteiger partial charge in [-0.2, -0.15) is 0 Å². The summed E-state index contributed by atoms with van der Waals surface area (Å²) in [6.07, 6.45) is 1.70. The van der Waals surface area contributed by atoms with Crippen LogP contribution in [0.3, 0.4) is 0 Å². The Kier molecular flexibility index (Phi) is 4.69. The monoisotopic (exact) mass is 399 g/mol. The van der Waals surface area contributed by atoms with Crippen molar-refractivity contribution in [1.29, 1.82) is 0 Å². The first-order chi connectivity index (χ1) is 14.6. The summed E-state index contributed by atoms with van der Waals surface area (Å²) in [5, 5.41) is 0. The van der Waals surface area contributed by atoms with Crippen LogP contribution in [0.2, 0.25) is 0 Å². The first-order valence-electron chi connectivity index (χ1n) is 10.5. The molecule has 0 aliphatic carbocycles. The summed E-state index contributed by atoms with van der Waals surface area (Å²) in [5.41, 5.74) is 4.44. The zero-order valence-electron chi connectivity index (χ0n) is 17.3. The highest BCUT2D eigenvalue weighted by Gasteiger charge is 2.43. The highest BCUT2D eigenvalue weighted by Crippen LogP contribution is 2.34. The fourth-order valence-corrected chi connectivity index (χ4v) is 4.75. The van der Waals surface area contributed by atoms with E-state index in [1.807, 2.05) is 67.3 Å². The Bertz CT molecular complexity index is 1050. The Labute approximate surface area is 176 Å². The van der Waals surface area contributed by atoms with Gasteiger partial charge in [0.15, 0.2) is 0 Å². The molecule has 6 heteroatoms. The number of benzene rings is 1. The van der Waals surface area contributed by atoms with E-state index in [0.717, 1.165) is 54.6 Å². The van der Waals surface area contributed by atoms with E-state index in [4.69, 9.17) is 0 Å². The molecule has 0 N–H and O–H groups in total. The van der Waals surface area contributed by atoms with Gasteiger partial charge in [-0.15, -0.1) is 0 Å². The first-order valence-corrected chi connectivity index (χ1v) is 10.5. The molecule has 2 unspecified atom stereocenters. The zero-order chi connectivity index (χ0) is 20.7. The largest absolute Gasteiger partial charge is 0.340 e. The number of rotatable bonds is 3. The second kappa shape index (κ2) is 7.52. The quantitative estimate of drug-likeness (QED) is 0.676. The maximum atomic E-state index is 13.3. The highest BCUT2D eigenvalue weighted by atomic mass is 16.2. The van der Waals surface area contributed by atoms with Crippen molar-refractivity contribution in [2.75, 3.05) is 31.1 Å². The van der Waals surface area contributed by atoms with Gasteiger partial charge < -0.3 is 9.80 Å². The third-order valence-electron chi connectivity index (χ3n) is 6.12. The van der Waals surface area contributed by atoms with Crippen LogP contribution in [0.5, 0.6) is 0 Å². The van der Waals surface area contributed by atoms with Gasteiger partial charge in [0.1, 0.15) is 5.69 Å². The normalized spacial score (nSPS) is 20.5. The average molecular weight is 399 g/mol. The number of anilines is 1. The maximum absolute atomic E-state index is 13.3. The molecule has 2 atom stereocenters. The summed E-state index contributed by atoms with van der Waals surface area (Å²) in [5.74, 6) is 1.73. The number of aromatic nitrogens is 3. The Morgan fingerprint density at radius 2 is 1.57 bits per heavy atom. The number of nitrogens with zero attached hydrogens (tertiary/aromatic N) is 5. The van der Waals surface area contributed by atoms with Gasteiger partial charge in [0.05, 0.1) is 0 Å². The average Bonchev–Trinajstić information content (AvgIpc) is 3.33. The number of amides is 1. The van der Waals surface area contributed by atoms with Crippen molar-refractivity contribution in [2.24, 2.45) is 11.8 Å². The van der Waals surface area contributed by atoms with E-state index in [0.29, 0.717) is 17.5 Å². The number of hydrogen-bond donors (Lipinski definition) is 0. The summed E-state index contributed by atoms with van der Waals surface area (Å²) in [6.45, 7) is 7.32. The number of aryl methyl sites for hydroxylation is 2. The number of pyridine rings is 1. The summed E-state index contributed by atoms with van der Waals surface area (Å²) in [6, 6.07) is 15.9. The third-order valence-corrected chi connectivity index (χ3v) is 6.12. The molecule has 1 aromatic carbocycles. The van der Waals surface area contributed by atoms with Crippen LogP contribution in [0, 0.1) is 25.7 Å². The Hall–Kier alpha value is -3.28. The van der Waals surface area contributed by atoms with Gasteiger partial charge >= 0.3 is 0 Å². The number of fused-ring (bicyclic) bond motifs is 1. The van der Waals surface area contributed by atoms with Crippen molar-refractivity contribution in [3.05, 3.63) is 71.8 Å². The van der Waals surface area contributed by atoms with Gasteiger partial charge in [0.2, 0.25) is 5.95 Å². The number of hydrogen-bond acceptors (Lipinski definition) is 5. The van der Waals surface area contributed by atoms with Crippen LogP contribution in [-0.2, 0) is 0 Å². The van der Waals surface area contributed by atoms with E-state index in [9.17, 15) is 4.79 Å². The second-order valence-corrected chi connectivity index (χ2v) is 8.35. The van der Waals surface area contributed by atoms with Crippen molar-refractivity contribution >= 4 is 11.9 Å². The van der Waals surface area contributed by atoms with Crippen LogP contribution in [0.15, 0.2) is 54.7 Å². The molecule has 2 saturated heterocycles. The van der Waals surface area contributed by atoms with E-state index >= 15 is 0 Å². The number of carbonyl (C=O) groups excluding carboxylic acids is 1. The zero-order valence-corrected chi connectivity index (χ0v) is 17.3. The van der Waals surface area contributed by atoms with Gasteiger partial charge in [0, 0.05) is 61.2 Å². The number of likely N-dealkylation sites (tertiary alicyclic amines) is 1. The molecule has 2 aromatic heterocycles. The van der Waals surface area contributed by atoms with Gasteiger partial charge in [-0.3, -0.25) is 9.78 Å². The fraction of sp³-hybridized carbons (Fsp3) is 0.333. The first kappa shape index (κ1) is 18.7. The summed E-state index contributed by atoms with van der Waals surface area (Å²) < 4.78 is 0. The lowest BCUT2D eigenvalue weighted by molar-refractivity contribution is 0.0777. The molecule has 0 radical (unpaired) electrons. The van der Waals surface area contributed by atoms with Crippen molar-refractivity contribution in [2.45, 2.75) is 13.8 Å². The molecule has 5 rings (SSSR count). The molecule has 0 saturated carbocycles. The second-order valence-electron chi connectivity index (χ2n) is 8.35. The van der Waals surface area contributed by atoms with E-state index < -0.39 is 0 Å². The van der Waals surface area contributed by atoms with Crippen molar-refractivity contribution in [1.82, 2.24) is 19.9 Å². The molecule has 30 heavy (non-hydrogen) atoms. The molecule has 152 valence electrons. The molecule has 2 aliphatic rings. The van der Waals surface area contributed by atoms with Crippen LogP contribution in [0.4, 0.5) is 5.95 Å². The minimum absolute atomic E-state index is 0.0260. The van der Waals surface area contributed by atoms with Crippen LogP contribution in [0.25, 0.3) is 11.1 Å². The minimum Gasteiger partial charge on any atom is -0.340 e. The lowest BCUT2D eigenvalue weighted by Gasteiger charge is -2.22. The van der Waals surface area contributed by atoms with Crippen molar-refractivity contribution < 1.29 is 4.79 Å². The summed E-state index contributed by atoms with van der Waals surface area (Å²) in [7, 11) is 0. The highest BCUT2D eigenvalue weighted by molar-refractivity contribution is 5.99. The SMILES string of the molecule is Cc1cc(C)nc(N2CC3CN(C(=O)c4ncccc4-c4ccccc4)CC3C2)n1. The molecule has 2 aliphatic heterocycles. The predicted molar refractivity (Wildman–Crippen MR) is 116 cm³/mol. The topological polar surface area (TPSA) is 62.2 Å². The Morgan fingerprint density at radius 1 is 0.900 bits per heavy atom. The van der Waals surface area contributed by atoms with Crippen molar-refractivity contribution in [3.63, 3.8) is 0 Å². The van der Waals surface area contributed by atoms with E-state index in [1.165, 1.54) is 0 Å². The van der Waals surface area contributed by atoms with Crippen LogP contribution in [0.1, 0.15) is 21.9 Å². The molecule has 6 nitrogen and oxygen atoms in total. The van der Waals surface area contributed by atoms with Crippen LogP contribution >= 0.6 is 0 Å². The molecule has 2 fully saturated rings. The van der Waals surface area contributed by atoms with Gasteiger partial charge in [0.25, 0.3) is 5.91 Å². The molecule has 0 spiro atoms. The molecule has 0 bridgehead atoms. The summed E-state index contributed by atoms with van der Waals surface area (Å²) >= 11 is 0. The maximum Gasteiger partial charge on any atom is 0.273 e. The van der Waals surface area contributed by atoms with Gasteiger partial charge in [-0.05, 0) is 31.5 Å². The van der Waals surface area contributed by atoms with E-state index in [2.05, 4.69) is 19.9 Å². The molecule has 4 heterocycles. The molecular formula is C24H25N5O. The van der Waals surface area contributed by atoms with Crippen molar-refractivity contribution in [3.8, 4) is 11.1 Å². The number of carbonyl (C=O) groups is 1. The Balaban J connectivity index is 1.32. The fourth-order valence-electron chi connectivity index (χ4n) is 4.75. The predicted octanol–water partition coefficient (Wildman–Crippen LogP) is 3.36. The smallest absolute Gasteiger partial charge is 0.273 e. The molecule has 1 amide bonds. The Morgan fingerprint density at radius 3 is 2.23 bits per heavy atom. The van der Waals surface area contributed by atoms with Gasteiger partial charge in [-0.25, -0.2) is 9.97 Å². The van der Waals surface area contributed by atoms with E-state index in [-0.39, 0.29) is 5.91 Å². The minimum atomic E-state index is 0.0260. The third kappa shape index (κ3) is 3.43. The summed E-state index contributed by atoms with van der Waals surface area (Å²) in [4.78, 5) is 31.3. The standard InChI is InChI=1S/C24H25N5O/c1-16-11-17(2)27-24(26-16)29-14-19-12-28(13-20(19)15-29)23(30)22-21(9-6-10-25-22)18-7-4-3-5-8-18/h3-11,19-20H,12-15H2,1-2H3. The van der Waals surface area contributed by atoms with Crippen LogP contribution < -0.4 is 4.90 Å². The lowest BCUT2D eigenvalue weighted by atomic mass is 10.0. The van der Waals surface area contributed by atoms with Crippen LogP contribution in [-0.4, -0.2) is 51.9 Å². The molecule has 3 aromatic rings. The lowest BCUT2D eigenvalue weighted by Crippen LogP contribution is -2.34. The molecular weight excluding hydrogens is 374 g/mol.